The van der Waals surface area contributed by atoms with Gasteiger partial charge in [0.05, 0.1) is 0 Å². The zero-order chi connectivity index (χ0) is 11.8. The van der Waals surface area contributed by atoms with Crippen molar-refractivity contribution in [1.29, 1.82) is 0 Å². The van der Waals surface area contributed by atoms with E-state index >= 15 is 0 Å². The fraction of sp³-hybridized carbons (Fsp3) is 0.385. The highest BCUT2D eigenvalue weighted by Gasteiger charge is 2.17. The molecule has 0 unspecified atom stereocenters. The van der Waals surface area contributed by atoms with Gasteiger partial charge in [0, 0.05) is 43.0 Å². The first-order valence-electron chi connectivity index (χ1n) is 5.96. The average Bonchev–Trinajstić information content (AvgIpc) is 2.95. The lowest BCUT2D eigenvalue weighted by molar-refractivity contribution is 0.112. The number of carbonyl (C=O) groups is 1. The molecule has 88 valence electrons. The molecule has 0 aliphatic carbocycles. The first kappa shape index (κ1) is 10.3. The lowest BCUT2D eigenvalue weighted by atomic mass is 10.1. The van der Waals surface area contributed by atoms with Crippen molar-refractivity contribution >= 4 is 22.9 Å². The van der Waals surface area contributed by atoms with E-state index in [9.17, 15) is 4.79 Å². The smallest absolute Gasteiger partial charge is 0.152 e. The van der Waals surface area contributed by atoms with E-state index < -0.39 is 0 Å². The Bertz CT molecular complexity index is 567. The van der Waals surface area contributed by atoms with Crippen LogP contribution < -0.4 is 4.90 Å². The molecule has 2 aromatic rings. The van der Waals surface area contributed by atoms with Crippen molar-refractivity contribution in [2.45, 2.75) is 12.8 Å². The van der Waals surface area contributed by atoms with Gasteiger partial charge in [-0.25, -0.2) is 0 Å². The van der Waals surface area contributed by atoms with E-state index in [1.807, 2.05) is 25.4 Å². The number of hydrogen-bond acceptors (Lipinski definition) is 3. The average molecular weight is 229 g/mol. The zero-order valence-corrected chi connectivity index (χ0v) is 9.89. The van der Waals surface area contributed by atoms with E-state index in [0.29, 0.717) is 5.56 Å². The van der Waals surface area contributed by atoms with Crippen LogP contribution in [0.15, 0.2) is 18.3 Å². The van der Waals surface area contributed by atoms with Gasteiger partial charge in [0.25, 0.3) is 0 Å². The van der Waals surface area contributed by atoms with Crippen LogP contribution in [0.5, 0.6) is 0 Å². The maximum Gasteiger partial charge on any atom is 0.152 e. The molecule has 1 fully saturated rings. The fourth-order valence-electron chi connectivity index (χ4n) is 2.56. The molecule has 4 nitrogen and oxygen atoms in total. The second-order valence-electron chi connectivity index (χ2n) is 4.55. The highest BCUT2D eigenvalue weighted by Crippen LogP contribution is 2.30. The Labute approximate surface area is 99.8 Å². The molecule has 1 aliphatic heterocycles. The Balaban J connectivity index is 2.21. The number of aryl methyl sites for hydroxylation is 1. The van der Waals surface area contributed by atoms with Crippen LogP contribution in [0.4, 0.5) is 5.69 Å². The van der Waals surface area contributed by atoms with Gasteiger partial charge in [-0.05, 0) is 25.0 Å². The number of benzene rings is 1. The number of rotatable bonds is 2. The van der Waals surface area contributed by atoms with Gasteiger partial charge in [-0.3, -0.25) is 9.48 Å². The van der Waals surface area contributed by atoms with Crippen LogP contribution in [-0.4, -0.2) is 29.2 Å². The van der Waals surface area contributed by atoms with Crippen molar-refractivity contribution in [2.24, 2.45) is 7.05 Å². The number of aldehydes is 1. The largest absolute Gasteiger partial charge is 0.371 e. The summed E-state index contributed by atoms with van der Waals surface area (Å²) in [5.41, 5.74) is 2.69. The van der Waals surface area contributed by atoms with Crippen LogP contribution in [0.1, 0.15) is 23.2 Å². The molecule has 17 heavy (non-hydrogen) atoms. The van der Waals surface area contributed by atoms with E-state index in [1.165, 1.54) is 18.5 Å². The minimum Gasteiger partial charge on any atom is -0.371 e. The number of fused-ring (bicyclic) bond motifs is 1. The number of aromatic nitrogens is 2. The summed E-state index contributed by atoms with van der Waals surface area (Å²) in [7, 11) is 1.89. The molecule has 0 amide bonds. The van der Waals surface area contributed by atoms with Crippen LogP contribution in [0.2, 0.25) is 0 Å². The molecule has 0 saturated carbocycles. The van der Waals surface area contributed by atoms with Crippen LogP contribution in [0, 0.1) is 0 Å². The van der Waals surface area contributed by atoms with Crippen molar-refractivity contribution < 1.29 is 4.79 Å². The minimum absolute atomic E-state index is 0.670. The molecule has 0 bridgehead atoms. The summed E-state index contributed by atoms with van der Waals surface area (Å²) < 4.78 is 1.78. The molecule has 1 aromatic heterocycles. The summed E-state index contributed by atoms with van der Waals surface area (Å²) in [5, 5.41) is 5.46. The Hall–Kier alpha value is -1.84. The summed E-state index contributed by atoms with van der Waals surface area (Å²) in [6, 6.07) is 3.91. The minimum atomic E-state index is 0.670. The normalized spacial score (nSPS) is 15.7. The number of anilines is 1. The van der Waals surface area contributed by atoms with Gasteiger partial charge in [-0.2, -0.15) is 5.10 Å². The predicted octanol–water partition coefficient (Wildman–Crippen LogP) is 1.99. The van der Waals surface area contributed by atoms with Gasteiger partial charge >= 0.3 is 0 Å². The molecule has 1 saturated heterocycles. The lowest BCUT2D eigenvalue weighted by Gasteiger charge is -2.18. The van der Waals surface area contributed by atoms with Crippen molar-refractivity contribution in [1.82, 2.24) is 9.78 Å². The summed E-state index contributed by atoms with van der Waals surface area (Å²) in [5.74, 6) is 0. The zero-order valence-electron chi connectivity index (χ0n) is 9.89. The van der Waals surface area contributed by atoms with Gasteiger partial charge in [-0.1, -0.05) is 0 Å². The molecular formula is C13H15N3O. The Kier molecular flexibility index (Phi) is 2.35. The molecule has 1 aliphatic rings. The molecule has 3 rings (SSSR count). The molecule has 2 heterocycles. The van der Waals surface area contributed by atoms with Gasteiger partial charge in [0.1, 0.15) is 5.52 Å². The quantitative estimate of drug-likeness (QED) is 0.739. The van der Waals surface area contributed by atoms with E-state index in [2.05, 4.69) is 10.00 Å². The molecule has 4 heteroatoms. The summed E-state index contributed by atoms with van der Waals surface area (Å²) in [6.45, 7) is 2.20. The number of nitrogens with zero attached hydrogens (tertiary/aromatic N) is 3. The molecular weight excluding hydrogens is 214 g/mol. The Morgan fingerprint density at radius 1 is 1.29 bits per heavy atom. The highest BCUT2D eigenvalue weighted by atomic mass is 16.1. The summed E-state index contributed by atoms with van der Waals surface area (Å²) >= 11 is 0. The van der Waals surface area contributed by atoms with Crippen LogP contribution in [0.3, 0.4) is 0 Å². The van der Waals surface area contributed by atoms with Crippen LogP contribution in [0.25, 0.3) is 10.9 Å². The first-order valence-corrected chi connectivity index (χ1v) is 5.96. The Morgan fingerprint density at radius 3 is 2.76 bits per heavy atom. The fourth-order valence-corrected chi connectivity index (χ4v) is 2.56. The highest BCUT2D eigenvalue weighted by molar-refractivity contribution is 6.01. The Morgan fingerprint density at radius 2 is 2.06 bits per heavy atom. The van der Waals surface area contributed by atoms with Gasteiger partial charge < -0.3 is 4.90 Å². The van der Waals surface area contributed by atoms with Crippen LogP contribution in [-0.2, 0) is 7.05 Å². The van der Waals surface area contributed by atoms with Crippen molar-refractivity contribution in [3.63, 3.8) is 0 Å². The van der Waals surface area contributed by atoms with Crippen molar-refractivity contribution in [2.75, 3.05) is 18.0 Å². The van der Waals surface area contributed by atoms with Gasteiger partial charge in [0.2, 0.25) is 0 Å². The van der Waals surface area contributed by atoms with E-state index in [-0.39, 0.29) is 0 Å². The topological polar surface area (TPSA) is 38.1 Å². The van der Waals surface area contributed by atoms with E-state index in [0.717, 1.165) is 30.3 Å². The SMILES string of the molecule is Cn1cc2c(N3CCCC3)ccc(C=O)c2n1. The molecule has 0 atom stereocenters. The standard InChI is InChI=1S/C13H15N3O/c1-15-8-11-12(16-6-2-3-7-16)5-4-10(9-17)13(11)14-15/h4-5,8-9H,2-3,6-7H2,1H3. The van der Waals surface area contributed by atoms with E-state index in [4.69, 9.17) is 0 Å². The predicted molar refractivity (Wildman–Crippen MR) is 67.5 cm³/mol. The van der Waals surface area contributed by atoms with Gasteiger partial charge in [-0.15, -0.1) is 0 Å². The summed E-state index contributed by atoms with van der Waals surface area (Å²) in [4.78, 5) is 13.4. The summed E-state index contributed by atoms with van der Waals surface area (Å²) in [6.07, 6.45) is 5.37. The third-order valence-corrected chi connectivity index (χ3v) is 3.37. The maximum atomic E-state index is 11.0. The van der Waals surface area contributed by atoms with Gasteiger partial charge in [0.15, 0.2) is 6.29 Å². The van der Waals surface area contributed by atoms with Crippen molar-refractivity contribution in [3.05, 3.63) is 23.9 Å². The second-order valence-corrected chi connectivity index (χ2v) is 4.55. The molecule has 0 spiro atoms. The molecule has 0 N–H and O–H groups in total. The van der Waals surface area contributed by atoms with E-state index in [1.54, 1.807) is 4.68 Å². The first-order chi connectivity index (χ1) is 8.29. The number of carbonyl (C=O) groups excluding carboxylic acids is 1. The number of hydrogen-bond donors (Lipinski definition) is 0. The molecule has 0 radical (unpaired) electrons. The third-order valence-electron chi connectivity index (χ3n) is 3.37. The molecule has 1 aromatic carbocycles. The lowest BCUT2D eigenvalue weighted by Crippen LogP contribution is -2.17. The van der Waals surface area contributed by atoms with Crippen LogP contribution >= 0.6 is 0 Å². The third kappa shape index (κ3) is 1.60. The second kappa shape index (κ2) is 3.87. The van der Waals surface area contributed by atoms with Crippen molar-refractivity contribution in [3.8, 4) is 0 Å². The monoisotopic (exact) mass is 229 g/mol. The maximum absolute atomic E-state index is 11.0.